The molecule has 0 atom stereocenters. The number of aryl methyl sites for hydroxylation is 1. The van der Waals surface area contributed by atoms with Gasteiger partial charge in [-0.25, -0.2) is 0 Å². The van der Waals surface area contributed by atoms with Crippen LogP contribution in [0.1, 0.15) is 28.5 Å². The molecule has 3 aromatic rings. The number of Topliss-reactive ketones (excluding diaryl/α,β-unsaturated/α-hetero) is 1. The van der Waals surface area contributed by atoms with E-state index in [1.807, 2.05) is 25.1 Å². The molecule has 5 nitrogen and oxygen atoms in total. The van der Waals surface area contributed by atoms with Crippen molar-refractivity contribution in [3.8, 4) is 5.75 Å². The normalized spacial score (nSPS) is 10.7. The largest absolute Gasteiger partial charge is 0.497 e. The van der Waals surface area contributed by atoms with E-state index in [-0.39, 0.29) is 18.1 Å². The molecule has 0 radical (unpaired) electrons. The van der Waals surface area contributed by atoms with Gasteiger partial charge in [-0.05, 0) is 49.7 Å². The molecule has 0 saturated carbocycles. The summed E-state index contributed by atoms with van der Waals surface area (Å²) in [4.78, 5) is 27.2. The minimum Gasteiger partial charge on any atom is -0.497 e. The molecular weight excluding hydrogens is 316 g/mol. The lowest BCUT2D eigenvalue weighted by molar-refractivity contribution is -0.115. The number of ether oxygens (including phenoxy) is 1. The summed E-state index contributed by atoms with van der Waals surface area (Å²) in [5, 5.41) is 3.84. The van der Waals surface area contributed by atoms with Gasteiger partial charge < -0.3 is 15.0 Å². The number of aromatic nitrogens is 1. The third kappa shape index (κ3) is 3.55. The smallest absolute Gasteiger partial charge is 0.228 e. The van der Waals surface area contributed by atoms with Crippen molar-refractivity contribution in [3.63, 3.8) is 0 Å². The molecule has 2 N–H and O–H groups in total. The van der Waals surface area contributed by atoms with E-state index < -0.39 is 0 Å². The Morgan fingerprint density at radius 2 is 1.96 bits per heavy atom. The minimum atomic E-state index is -0.132. The summed E-state index contributed by atoms with van der Waals surface area (Å²) in [6.45, 7) is 3.45. The number of methoxy groups -OCH3 is 1. The zero-order valence-electron chi connectivity index (χ0n) is 14.5. The van der Waals surface area contributed by atoms with Gasteiger partial charge in [-0.3, -0.25) is 9.59 Å². The number of anilines is 1. The van der Waals surface area contributed by atoms with Crippen LogP contribution in [0.15, 0.2) is 42.5 Å². The molecule has 0 aliphatic rings. The first-order valence-electron chi connectivity index (χ1n) is 8.04. The number of amides is 1. The second kappa shape index (κ2) is 6.81. The van der Waals surface area contributed by atoms with Crippen molar-refractivity contribution >= 4 is 28.3 Å². The molecule has 1 heterocycles. The molecule has 3 rings (SSSR count). The first kappa shape index (κ1) is 16.8. The van der Waals surface area contributed by atoms with Crippen molar-refractivity contribution in [3.05, 3.63) is 59.3 Å². The number of hydrogen-bond donors (Lipinski definition) is 2. The fourth-order valence-corrected chi connectivity index (χ4v) is 2.90. The quantitative estimate of drug-likeness (QED) is 0.695. The summed E-state index contributed by atoms with van der Waals surface area (Å²) in [6.07, 6.45) is 0.239. The highest BCUT2D eigenvalue weighted by atomic mass is 16.5. The monoisotopic (exact) mass is 336 g/mol. The molecule has 25 heavy (non-hydrogen) atoms. The standard InChI is InChI=1S/C20H20N2O3/c1-12-17(18-10-16(25-3)7-8-19(18)21-12)11-20(24)22-15-6-4-5-14(9-15)13(2)23/h4-10,21H,11H2,1-3H3,(H,22,24). The van der Waals surface area contributed by atoms with Gasteiger partial charge in [0, 0.05) is 27.8 Å². The van der Waals surface area contributed by atoms with Gasteiger partial charge in [0.05, 0.1) is 13.5 Å². The number of ketones is 1. The Bertz CT molecular complexity index is 957. The SMILES string of the molecule is COc1ccc2[nH]c(C)c(CC(=O)Nc3cccc(C(C)=O)c3)c2c1. The number of fused-ring (bicyclic) bond motifs is 1. The Morgan fingerprint density at radius 3 is 2.68 bits per heavy atom. The molecular formula is C20H20N2O3. The summed E-state index contributed by atoms with van der Waals surface area (Å²) in [6, 6.07) is 12.7. The lowest BCUT2D eigenvalue weighted by Crippen LogP contribution is -2.15. The topological polar surface area (TPSA) is 71.2 Å². The molecule has 0 saturated heterocycles. The van der Waals surface area contributed by atoms with E-state index in [0.717, 1.165) is 27.9 Å². The minimum absolute atomic E-state index is 0.0318. The average molecular weight is 336 g/mol. The summed E-state index contributed by atoms with van der Waals surface area (Å²) < 4.78 is 5.28. The van der Waals surface area contributed by atoms with Crippen LogP contribution in [0.5, 0.6) is 5.75 Å². The first-order chi connectivity index (χ1) is 12.0. The van der Waals surface area contributed by atoms with Crippen LogP contribution < -0.4 is 10.1 Å². The molecule has 128 valence electrons. The van der Waals surface area contributed by atoms with Crippen LogP contribution in [0.3, 0.4) is 0 Å². The molecule has 0 fully saturated rings. The molecule has 0 unspecified atom stereocenters. The van der Waals surface area contributed by atoms with E-state index in [4.69, 9.17) is 4.74 Å². The maximum Gasteiger partial charge on any atom is 0.228 e. The number of carbonyl (C=O) groups excluding carboxylic acids is 2. The third-order valence-corrected chi connectivity index (χ3v) is 4.22. The Balaban J connectivity index is 1.83. The second-order valence-corrected chi connectivity index (χ2v) is 6.00. The van der Waals surface area contributed by atoms with Crippen molar-refractivity contribution in [2.75, 3.05) is 12.4 Å². The Hall–Kier alpha value is -3.08. The van der Waals surface area contributed by atoms with Gasteiger partial charge in [0.2, 0.25) is 5.91 Å². The molecule has 5 heteroatoms. The van der Waals surface area contributed by atoms with Crippen LogP contribution in [-0.4, -0.2) is 23.8 Å². The first-order valence-corrected chi connectivity index (χ1v) is 8.04. The summed E-state index contributed by atoms with van der Waals surface area (Å²) in [7, 11) is 1.62. The molecule has 0 aliphatic carbocycles. The van der Waals surface area contributed by atoms with Crippen molar-refractivity contribution in [2.24, 2.45) is 0 Å². The van der Waals surface area contributed by atoms with E-state index >= 15 is 0 Å². The van der Waals surface area contributed by atoms with Crippen LogP contribution in [-0.2, 0) is 11.2 Å². The van der Waals surface area contributed by atoms with Gasteiger partial charge in [-0.2, -0.15) is 0 Å². The van der Waals surface area contributed by atoms with Crippen molar-refractivity contribution < 1.29 is 14.3 Å². The van der Waals surface area contributed by atoms with Gasteiger partial charge in [0.1, 0.15) is 5.75 Å². The lowest BCUT2D eigenvalue weighted by Gasteiger charge is -2.07. The Kier molecular flexibility index (Phi) is 4.57. The highest BCUT2D eigenvalue weighted by Crippen LogP contribution is 2.27. The number of H-pyrrole nitrogens is 1. The van der Waals surface area contributed by atoms with Crippen LogP contribution in [0.25, 0.3) is 10.9 Å². The molecule has 0 bridgehead atoms. The summed E-state index contributed by atoms with van der Waals surface area (Å²) in [5.41, 5.74) is 4.06. The number of rotatable bonds is 5. The van der Waals surface area contributed by atoms with Gasteiger partial charge >= 0.3 is 0 Å². The maximum absolute atomic E-state index is 12.5. The van der Waals surface area contributed by atoms with Crippen LogP contribution in [0.4, 0.5) is 5.69 Å². The fourth-order valence-electron chi connectivity index (χ4n) is 2.90. The Morgan fingerprint density at radius 1 is 1.16 bits per heavy atom. The number of hydrogen-bond acceptors (Lipinski definition) is 3. The second-order valence-electron chi connectivity index (χ2n) is 6.00. The zero-order valence-corrected chi connectivity index (χ0v) is 14.5. The van der Waals surface area contributed by atoms with Crippen LogP contribution in [0.2, 0.25) is 0 Å². The fraction of sp³-hybridized carbons (Fsp3) is 0.200. The van der Waals surface area contributed by atoms with E-state index in [1.165, 1.54) is 6.92 Å². The third-order valence-electron chi connectivity index (χ3n) is 4.22. The highest BCUT2D eigenvalue weighted by Gasteiger charge is 2.14. The van der Waals surface area contributed by atoms with Gasteiger partial charge in [-0.1, -0.05) is 12.1 Å². The molecule has 1 aromatic heterocycles. The number of aromatic amines is 1. The predicted octanol–water partition coefficient (Wildman–Crippen LogP) is 3.87. The molecule has 0 aliphatic heterocycles. The number of benzene rings is 2. The van der Waals surface area contributed by atoms with Crippen LogP contribution in [0, 0.1) is 6.92 Å². The van der Waals surface area contributed by atoms with Crippen LogP contribution >= 0.6 is 0 Å². The van der Waals surface area contributed by atoms with E-state index in [1.54, 1.807) is 31.4 Å². The Labute approximate surface area is 146 Å². The van der Waals surface area contributed by atoms with Gasteiger partial charge in [0.15, 0.2) is 5.78 Å². The van der Waals surface area contributed by atoms with E-state index in [0.29, 0.717) is 11.3 Å². The predicted molar refractivity (Wildman–Crippen MR) is 98.4 cm³/mol. The zero-order chi connectivity index (χ0) is 18.0. The van der Waals surface area contributed by atoms with Gasteiger partial charge in [-0.15, -0.1) is 0 Å². The molecule has 2 aromatic carbocycles. The van der Waals surface area contributed by atoms with E-state index in [2.05, 4.69) is 10.3 Å². The number of nitrogens with one attached hydrogen (secondary N) is 2. The van der Waals surface area contributed by atoms with E-state index in [9.17, 15) is 9.59 Å². The maximum atomic E-state index is 12.5. The van der Waals surface area contributed by atoms with Crippen molar-refractivity contribution in [2.45, 2.75) is 20.3 Å². The number of carbonyl (C=O) groups is 2. The molecule has 0 spiro atoms. The lowest BCUT2D eigenvalue weighted by atomic mass is 10.1. The van der Waals surface area contributed by atoms with Crippen molar-refractivity contribution in [1.29, 1.82) is 0 Å². The highest BCUT2D eigenvalue weighted by molar-refractivity contribution is 5.99. The summed E-state index contributed by atoms with van der Waals surface area (Å²) >= 11 is 0. The van der Waals surface area contributed by atoms with Crippen molar-refractivity contribution in [1.82, 2.24) is 4.98 Å². The average Bonchev–Trinajstić information content (AvgIpc) is 2.90. The molecule has 1 amide bonds. The van der Waals surface area contributed by atoms with Gasteiger partial charge in [0.25, 0.3) is 0 Å². The summed E-state index contributed by atoms with van der Waals surface area (Å²) in [5.74, 6) is 0.588.